The molecule has 0 radical (unpaired) electrons. The number of benzene rings is 1. The van der Waals surface area contributed by atoms with E-state index in [0.717, 1.165) is 17.9 Å². The molecule has 0 fully saturated rings. The molecule has 1 unspecified atom stereocenters. The lowest BCUT2D eigenvalue weighted by atomic mass is 10.1. The van der Waals surface area contributed by atoms with Crippen molar-refractivity contribution >= 4 is 0 Å². The zero-order chi connectivity index (χ0) is 10.4. The maximum Gasteiger partial charge on any atom is 0.118 e. The highest BCUT2D eigenvalue weighted by molar-refractivity contribution is 5.29. The normalized spacial score (nSPS) is 12.5. The third-order valence-corrected chi connectivity index (χ3v) is 2.12. The zero-order valence-corrected chi connectivity index (χ0v) is 8.59. The van der Waals surface area contributed by atoms with Crippen LogP contribution < -0.4 is 10.1 Å². The summed E-state index contributed by atoms with van der Waals surface area (Å²) in [5.74, 6) is 0.794. The second-order valence-electron chi connectivity index (χ2n) is 3.04. The summed E-state index contributed by atoms with van der Waals surface area (Å²) in [4.78, 5) is 0. The molecule has 14 heavy (non-hydrogen) atoms. The first-order valence-electron chi connectivity index (χ1n) is 4.75. The molecule has 0 aromatic heterocycles. The topological polar surface area (TPSA) is 21.3 Å². The van der Waals surface area contributed by atoms with Gasteiger partial charge in [-0.05, 0) is 24.2 Å². The molecule has 0 amide bonds. The summed E-state index contributed by atoms with van der Waals surface area (Å²) in [6, 6.07) is 7.24. The van der Waals surface area contributed by atoms with Crippen molar-refractivity contribution in [2.24, 2.45) is 0 Å². The summed E-state index contributed by atoms with van der Waals surface area (Å²) in [5.41, 5.74) is 0.954. The summed E-state index contributed by atoms with van der Waals surface area (Å²) in [5, 5.41) is 3.07. The van der Waals surface area contributed by atoms with Crippen LogP contribution in [0.25, 0.3) is 0 Å². The molecule has 0 aliphatic heterocycles. The standard InChI is InChI=1S/C11H16FNO/c1-3-13-11(8-12)9-4-6-10(14-2)7-5-9/h4-7,11,13H,3,8H2,1-2H3. The van der Waals surface area contributed by atoms with Crippen LogP contribution in [-0.4, -0.2) is 20.3 Å². The number of alkyl halides is 1. The first-order valence-corrected chi connectivity index (χ1v) is 4.75. The molecule has 2 nitrogen and oxygen atoms in total. The van der Waals surface area contributed by atoms with Crippen molar-refractivity contribution in [1.29, 1.82) is 0 Å². The maximum atomic E-state index is 12.6. The number of ether oxygens (including phenoxy) is 1. The molecule has 1 rings (SSSR count). The second-order valence-corrected chi connectivity index (χ2v) is 3.04. The van der Waals surface area contributed by atoms with Crippen LogP contribution in [0.2, 0.25) is 0 Å². The van der Waals surface area contributed by atoms with Crippen molar-refractivity contribution in [3.63, 3.8) is 0 Å². The SMILES string of the molecule is CCNC(CF)c1ccc(OC)cc1. The molecular weight excluding hydrogens is 181 g/mol. The summed E-state index contributed by atoms with van der Waals surface area (Å²) in [7, 11) is 1.62. The van der Waals surface area contributed by atoms with Crippen LogP contribution >= 0.6 is 0 Å². The number of hydrogen-bond donors (Lipinski definition) is 1. The van der Waals surface area contributed by atoms with E-state index >= 15 is 0 Å². The molecule has 78 valence electrons. The van der Waals surface area contributed by atoms with Crippen LogP contribution in [0, 0.1) is 0 Å². The predicted octanol–water partition coefficient (Wildman–Crippen LogP) is 2.32. The van der Waals surface area contributed by atoms with Crippen molar-refractivity contribution in [2.45, 2.75) is 13.0 Å². The molecule has 1 atom stereocenters. The third-order valence-electron chi connectivity index (χ3n) is 2.12. The minimum Gasteiger partial charge on any atom is -0.497 e. The van der Waals surface area contributed by atoms with Gasteiger partial charge in [-0.15, -0.1) is 0 Å². The van der Waals surface area contributed by atoms with Gasteiger partial charge in [0.1, 0.15) is 12.4 Å². The average Bonchev–Trinajstić information content (AvgIpc) is 2.26. The highest BCUT2D eigenvalue weighted by Gasteiger charge is 2.08. The molecule has 0 heterocycles. The van der Waals surface area contributed by atoms with Crippen LogP contribution in [0.3, 0.4) is 0 Å². The summed E-state index contributed by atoms with van der Waals surface area (Å²) >= 11 is 0. The lowest BCUT2D eigenvalue weighted by Gasteiger charge is -2.14. The molecule has 3 heteroatoms. The molecule has 1 N–H and O–H groups in total. The molecule has 1 aromatic rings. The van der Waals surface area contributed by atoms with Crippen molar-refractivity contribution < 1.29 is 9.13 Å². The van der Waals surface area contributed by atoms with Crippen molar-refractivity contribution in [1.82, 2.24) is 5.32 Å². The van der Waals surface area contributed by atoms with Crippen LogP contribution in [0.5, 0.6) is 5.75 Å². The van der Waals surface area contributed by atoms with Crippen molar-refractivity contribution in [3.05, 3.63) is 29.8 Å². The van der Waals surface area contributed by atoms with Gasteiger partial charge in [0, 0.05) is 0 Å². The van der Waals surface area contributed by atoms with E-state index in [1.54, 1.807) is 7.11 Å². The van der Waals surface area contributed by atoms with E-state index in [2.05, 4.69) is 5.32 Å². The molecule has 0 saturated carbocycles. The van der Waals surface area contributed by atoms with Gasteiger partial charge < -0.3 is 10.1 Å². The van der Waals surface area contributed by atoms with E-state index in [1.807, 2.05) is 31.2 Å². The smallest absolute Gasteiger partial charge is 0.118 e. The van der Waals surface area contributed by atoms with Crippen molar-refractivity contribution in [2.75, 3.05) is 20.3 Å². The van der Waals surface area contributed by atoms with Crippen molar-refractivity contribution in [3.8, 4) is 5.75 Å². The van der Waals surface area contributed by atoms with Gasteiger partial charge in [0.15, 0.2) is 0 Å². The van der Waals surface area contributed by atoms with E-state index in [1.165, 1.54) is 0 Å². The summed E-state index contributed by atoms with van der Waals surface area (Å²) in [6.45, 7) is 2.34. The first kappa shape index (κ1) is 11.0. The van der Waals surface area contributed by atoms with E-state index in [9.17, 15) is 4.39 Å². The van der Waals surface area contributed by atoms with Gasteiger partial charge in [0.05, 0.1) is 13.2 Å². The third kappa shape index (κ3) is 2.70. The largest absolute Gasteiger partial charge is 0.497 e. The van der Waals surface area contributed by atoms with Crippen LogP contribution in [0.1, 0.15) is 18.5 Å². The average molecular weight is 197 g/mol. The Morgan fingerprint density at radius 2 is 2.00 bits per heavy atom. The molecule has 1 aromatic carbocycles. The Kier molecular flexibility index (Phi) is 4.40. The Morgan fingerprint density at radius 1 is 1.36 bits per heavy atom. The number of rotatable bonds is 5. The number of methoxy groups -OCH3 is 1. The fraction of sp³-hybridized carbons (Fsp3) is 0.455. The van der Waals surface area contributed by atoms with E-state index in [4.69, 9.17) is 4.74 Å². The van der Waals surface area contributed by atoms with Crippen LogP contribution in [0.4, 0.5) is 4.39 Å². The Labute approximate surface area is 84.1 Å². The van der Waals surface area contributed by atoms with Gasteiger partial charge in [-0.3, -0.25) is 0 Å². The maximum absolute atomic E-state index is 12.6. The highest BCUT2D eigenvalue weighted by Crippen LogP contribution is 2.17. The van der Waals surface area contributed by atoms with Crippen LogP contribution in [-0.2, 0) is 0 Å². The van der Waals surface area contributed by atoms with Gasteiger partial charge in [0.2, 0.25) is 0 Å². The summed E-state index contributed by atoms with van der Waals surface area (Å²) < 4.78 is 17.6. The van der Waals surface area contributed by atoms with E-state index in [-0.39, 0.29) is 12.7 Å². The Balaban J connectivity index is 2.73. The van der Waals surface area contributed by atoms with Crippen LogP contribution in [0.15, 0.2) is 24.3 Å². The predicted molar refractivity (Wildman–Crippen MR) is 55.4 cm³/mol. The Bertz CT molecular complexity index is 260. The molecular formula is C11H16FNO. The molecule has 0 bridgehead atoms. The van der Waals surface area contributed by atoms with Gasteiger partial charge in [-0.25, -0.2) is 4.39 Å². The lowest BCUT2D eigenvalue weighted by molar-refractivity contribution is 0.386. The minimum absolute atomic E-state index is 0.203. The van der Waals surface area contributed by atoms with Gasteiger partial charge in [-0.2, -0.15) is 0 Å². The Hall–Kier alpha value is -1.09. The molecule has 0 aliphatic rings. The van der Waals surface area contributed by atoms with E-state index in [0.29, 0.717) is 0 Å². The van der Waals surface area contributed by atoms with E-state index < -0.39 is 0 Å². The fourth-order valence-corrected chi connectivity index (χ4v) is 1.34. The summed E-state index contributed by atoms with van der Waals surface area (Å²) in [6.07, 6.45) is 0. The highest BCUT2D eigenvalue weighted by atomic mass is 19.1. The zero-order valence-electron chi connectivity index (χ0n) is 8.59. The lowest BCUT2D eigenvalue weighted by Crippen LogP contribution is -2.22. The molecule has 0 aliphatic carbocycles. The van der Waals surface area contributed by atoms with Gasteiger partial charge in [-0.1, -0.05) is 19.1 Å². The Morgan fingerprint density at radius 3 is 2.43 bits per heavy atom. The number of halogens is 1. The molecule has 0 saturated heterocycles. The second kappa shape index (κ2) is 5.60. The number of hydrogen-bond acceptors (Lipinski definition) is 2. The van der Waals surface area contributed by atoms with Gasteiger partial charge in [0.25, 0.3) is 0 Å². The monoisotopic (exact) mass is 197 g/mol. The quantitative estimate of drug-likeness (QED) is 0.782. The molecule has 0 spiro atoms. The fourth-order valence-electron chi connectivity index (χ4n) is 1.34. The minimum atomic E-state index is -0.389. The first-order chi connectivity index (χ1) is 6.81. The van der Waals surface area contributed by atoms with Gasteiger partial charge >= 0.3 is 0 Å². The number of nitrogens with one attached hydrogen (secondary N) is 1.